The number of aryl methyl sites for hydroxylation is 1. The Hall–Kier alpha value is -2.50. The highest BCUT2D eigenvalue weighted by Crippen LogP contribution is 2.33. The first-order valence-corrected chi connectivity index (χ1v) is 9.72. The predicted octanol–water partition coefficient (Wildman–Crippen LogP) is 3.74. The normalized spacial score (nSPS) is 17.4. The fraction of sp³-hybridized carbons (Fsp3) is 0.364. The maximum atomic E-state index is 5.80. The van der Waals surface area contributed by atoms with Crippen molar-refractivity contribution >= 4 is 11.0 Å². The summed E-state index contributed by atoms with van der Waals surface area (Å²) in [5.74, 6) is 0.998. The molecule has 4 rings (SSSR count). The van der Waals surface area contributed by atoms with E-state index >= 15 is 0 Å². The van der Waals surface area contributed by atoms with Crippen LogP contribution in [0, 0.1) is 0 Å². The van der Waals surface area contributed by atoms with Crippen molar-refractivity contribution in [1.82, 2.24) is 19.9 Å². The van der Waals surface area contributed by atoms with E-state index in [2.05, 4.69) is 41.1 Å². The molecule has 1 aliphatic rings. The lowest BCUT2D eigenvalue weighted by Gasteiger charge is -2.34. The molecule has 0 amide bonds. The van der Waals surface area contributed by atoms with Crippen molar-refractivity contribution in [2.45, 2.75) is 38.8 Å². The van der Waals surface area contributed by atoms with E-state index in [1.807, 2.05) is 24.4 Å². The van der Waals surface area contributed by atoms with Gasteiger partial charge in [0.2, 0.25) is 0 Å². The van der Waals surface area contributed by atoms with Gasteiger partial charge in [0.1, 0.15) is 5.82 Å². The number of hydrogen-bond donors (Lipinski definition) is 2. The Balaban J connectivity index is 1.65. The molecule has 0 saturated carbocycles. The molecular formula is C22H27N5. The lowest BCUT2D eigenvalue weighted by molar-refractivity contribution is 0.181. The Morgan fingerprint density at radius 1 is 1.30 bits per heavy atom. The van der Waals surface area contributed by atoms with Crippen molar-refractivity contribution in [3.63, 3.8) is 0 Å². The van der Waals surface area contributed by atoms with Gasteiger partial charge < -0.3 is 10.7 Å². The molecule has 0 bridgehead atoms. The zero-order valence-electron chi connectivity index (χ0n) is 15.9. The molecule has 3 N–H and O–H groups in total. The van der Waals surface area contributed by atoms with Crippen molar-refractivity contribution in [2.24, 2.45) is 5.73 Å². The fourth-order valence-corrected chi connectivity index (χ4v) is 3.87. The average Bonchev–Trinajstić information content (AvgIpc) is 3.13. The molecule has 0 fully saturated rings. The number of H-pyrrole nitrogens is 1. The Bertz CT molecular complexity index is 910. The summed E-state index contributed by atoms with van der Waals surface area (Å²) in [7, 11) is 0. The highest BCUT2D eigenvalue weighted by Gasteiger charge is 2.27. The molecule has 3 aromatic rings. The number of imidazole rings is 1. The Labute approximate surface area is 160 Å². The molecule has 0 radical (unpaired) electrons. The number of benzene rings is 1. The first kappa shape index (κ1) is 17.9. The SMILES string of the molecule is C/C(=C\CN(Cc1nc2ccccc2[nH]1)C1CCCc2cccnc21)CN. The molecule has 1 unspecified atom stereocenters. The van der Waals surface area contributed by atoms with Crippen LogP contribution >= 0.6 is 0 Å². The van der Waals surface area contributed by atoms with Crippen LogP contribution in [0.2, 0.25) is 0 Å². The van der Waals surface area contributed by atoms with Gasteiger partial charge in [-0.25, -0.2) is 4.98 Å². The van der Waals surface area contributed by atoms with Crippen LogP contribution in [0.3, 0.4) is 0 Å². The van der Waals surface area contributed by atoms with E-state index in [0.717, 1.165) is 42.8 Å². The smallest absolute Gasteiger partial charge is 0.121 e. The van der Waals surface area contributed by atoms with Gasteiger partial charge in [-0.15, -0.1) is 0 Å². The minimum atomic E-state index is 0.310. The monoisotopic (exact) mass is 361 g/mol. The highest BCUT2D eigenvalue weighted by molar-refractivity contribution is 5.74. The van der Waals surface area contributed by atoms with Crippen LogP contribution in [0.15, 0.2) is 54.2 Å². The second kappa shape index (κ2) is 8.03. The maximum Gasteiger partial charge on any atom is 0.121 e. The summed E-state index contributed by atoms with van der Waals surface area (Å²) in [5.41, 5.74) is 11.7. The van der Waals surface area contributed by atoms with E-state index < -0.39 is 0 Å². The second-order valence-electron chi connectivity index (χ2n) is 7.34. The third kappa shape index (κ3) is 3.94. The van der Waals surface area contributed by atoms with E-state index in [4.69, 9.17) is 15.7 Å². The largest absolute Gasteiger partial charge is 0.341 e. The van der Waals surface area contributed by atoms with E-state index in [1.54, 1.807) is 0 Å². The third-order valence-electron chi connectivity index (χ3n) is 5.39. The molecule has 140 valence electrons. The Morgan fingerprint density at radius 2 is 2.19 bits per heavy atom. The number of nitrogens with two attached hydrogens (primary N) is 1. The van der Waals surface area contributed by atoms with Crippen LogP contribution in [0.1, 0.15) is 42.9 Å². The van der Waals surface area contributed by atoms with Gasteiger partial charge in [-0.3, -0.25) is 9.88 Å². The number of nitrogens with zero attached hydrogens (tertiary/aromatic N) is 3. The van der Waals surface area contributed by atoms with Gasteiger partial charge >= 0.3 is 0 Å². The third-order valence-corrected chi connectivity index (χ3v) is 5.39. The summed E-state index contributed by atoms with van der Waals surface area (Å²) in [5, 5.41) is 0. The highest BCUT2D eigenvalue weighted by atomic mass is 15.2. The van der Waals surface area contributed by atoms with E-state index in [0.29, 0.717) is 12.6 Å². The van der Waals surface area contributed by atoms with Gasteiger partial charge in [0.05, 0.1) is 29.3 Å². The van der Waals surface area contributed by atoms with E-state index in [-0.39, 0.29) is 0 Å². The summed E-state index contributed by atoms with van der Waals surface area (Å²) in [4.78, 5) is 15.5. The zero-order valence-corrected chi connectivity index (χ0v) is 15.9. The first-order chi connectivity index (χ1) is 13.2. The summed E-state index contributed by atoms with van der Waals surface area (Å²) < 4.78 is 0. The topological polar surface area (TPSA) is 70.8 Å². The summed E-state index contributed by atoms with van der Waals surface area (Å²) in [6.45, 7) is 4.30. The lowest BCUT2D eigenvalue weighted by Crippen LogP contribution is -2.32. The summed E-state index contributed by atoms with van der Waals surface area (Å²) in [6, 6.07) is 12.8. The molecule has 5 nitrogen and oxygen atoms in total. The molecular weight excluding hydrogens is 334 g/mol. The van der Waals surface area contributed by atoms with Crippen LogP contribution in [0.4, 0.5) is 0 Å². The van der Waals surface area contributed by atoms with E-state index in [1.165, 1.54) is 23.3 Å². The van der Waals surface area contributed by atoms with Crippen LogP contribution in [0.25, 0.3) is 11.0 Å². The van der Waals surface area contributed by atoms with Crippen molar-refractivity contribution in [1.29, 1.82) is 0 Å². The van der Waals surface area contributed by atoms with Crippen molar-refractivity contribution in [3.05, 3.63) is 71.3 Å². The maximum absolute atomic E-state index is 5.80. The van der Waals surface area contributed by atoms with Gasteiger partial charge in [0.25, 0.3) is 0 Å². The number of para-hydroxylation sites is 2. The van der Waals surface area contributed by atoms with Crippen molar-refractivity contribution in [3.8, 4) is 0 Å². The molecule has 0 aliphatic heterocycles. The number of rotatable bonds is 6. The van der Waals surface area contributed by atoms with Gasteiger partial charge in [-0.2, -0.15) is 0 Å². The molecule has 0 spiro atoms. The van der Waals surface area contributed by atoms with Crippen LogP contribution in [-0.4, -0.2) is 32.9 Å². The number of hydrogen-bond acceptors (Lipinski definition) is 4. The Morgan fingerprint density at radius 3 is 3.04 bits per heavy atom. The minimum absolute atomic E-state index is 0.310. The van der Waals surface area contributed by atoms with Crippen molar-refractivity contribution < 1.29 is 0 Å². The first-order valence-electron chi connectivity index (χ1n) is 9.72. The van der Waals surface area contributed by atoms with Crippen LogP contribution < -0.4 is 5.73 Å². The number of nitrogens with one attached hydrogen (secondary N) is 1. The van der Waals surface area contributed by atoms with Gasteiger partial charge in [-0.1, -0.05) is 29.8 Å². The van der Waals surface area contributed by atoms with Crippen molar-refractivity contribution in [2.75, 3.05) is 13.1 Å². The Kier molecular flexibility index (Phi) is 5.32. The van der Waals surface area contributed by atoms with Crippen LogP contribution in [0.5, 0.6) is 0 Å². The van der Waals surface area contributed by atoms with Gasteiger partial charge in [0, 0.05) is 19.3 Å². The predicted molar refractivity (Wildman–Crippen MR) is 109 cm³/mol. The van der Waals surface area contributed by atoms with Crippen LogP contribution in [-0.2, 0) is 13.0 Å². The number of aromatic amines is 1. The molecule has 1 aromatic carbocycles. The number of aromatic nitrogens is 3. The van der Waals surface area contributed by atoms with Gasteiger partial charge in [0.15, 0.2) is 0 Å². The zero-order chi connectivity index (χ0) is 18.6. The molecule has 0 saturated heterocycles. The summed E-state index contributed by atoms with van der Waals surface area (Å²) in [6.07, 6.45) is 7.59. The molecule has 2 aromatic heterocycles. The fourth-order valence-electron chi connectivity index (χ4n) is 3.87. The molecule has 27 heavy (non-hydrogen) atoms. The standard InChI is InChI=1S/C22H27N5/c1-16(14-23)11-13-27(15-21-25-18-8-2-3-9-19(18)26-21)20-10-4-6-17-7-5-12-24-22(17)20/h2-3,5,7-9,11-12,20H,4,6,10,13-15,23H2,1H3,(H,25,26)/b16-11+. The lowest BCUT2D eigenvalue weighted by atomic mass is 9.90. The molecule has 5 heteroatoms. The summed E-state index contributed by atoms with van der Waals surface area (Å²) >= 11 is 0. The molecule has 2 heterocycles. The van der Waals surface area contributed by atoms with Gasteiger partial charge in [-0.05, 0) is 49.9 Å². The van der Waals surface area contributed by atoms with E-state index in [9.17, 15) is 0 Å². The average molecular weight is 361 g/mol. The number of fused-ring (bicyclic) bond motifs is 2. The molecule has 1 aliphatic carbocycles. The number of pyridine rings is 1. The quantitative estimate of drug-likeness (QED) is 0.656. The second-order valence-corrected chi connectivity index (χ2v) is 7.34. The molecule has 1 atom stereocenters. The minimum Gasteiger partial charge on any atom is -0.341 e.